The number of nitrogens with zero attached hydrogens (tertiary/aromatic N) is 1. The minimum absolute atomic E-state index is 0.0453. The molecule has 10 heavy (non-hydrogen) atoms. The Balaban J connectivity index is 3.67. The fourth-order valence-electron chi connectivity index (χ4n) is 0.177. The van der Waals surface area contributed by atoms with E-state index in [4.69, 9.17) is 10.6 Å². The summed E-state index contributed by atoms with van der Waals surface area (Å²) >= 11 is 0. The number of nitrogens with one attached hydrogen (secondary N) is 1. The molecule has 0 radical (unpaired) electrons. The highest BCUT2D eigenvalue weighted by Crippen LogP contribution is 2.34. The average Bonchev–Trinajstić information content (AvgIpc) is 1.81. The lowest BCUT2D eigenvalue weighted by Crippen LogP contribution is -2.30. The third kappa shape index (κ3) is 5.55. The maximum atomic E-state index is 10.4. The standard InChI is InChI=1S/C3H10N3O3P/c1-5-3(4)6-9-10(2,7)8/h1-2H3,(H,7,8)(H3,4,5,6). The van der Waals surface area contributed by atoms with Crippen LogP contribution in [0.4, 0.5) is 0 Å². The Bertz CT molecular complexity index is 174. The molecule has 0 aromatic carbocycles. The van der Waals surface area contributed by atoms with E-state index < -0.39 is 7.60 Å². The zero-order valence-corrected chi connectivity index (χ0v) is 6.63. The summed E-state index contributed by atoms with van der Waals surface area (Å²) in [6.45, 7) is 1.03. The number of hydrogen-bond donors (Lipinski definition) is 3. The fourth-order valence-corrected chi connectivity index (χ4v) is 0.440. The highest BCUT2D eigenvalue weighted by Gasteiger charge is 2.09. The zero-order chi connectivity index (χ0) is 8.20. The number of rotatable bonds is 2. The molecule has 0 fully saturated rings. The molecule has 0 spiro atoms. The van der Waals surface area contributed by atoms with Gasteiger partial charge in [0.2, 0.25) is 5.96 Å². The van der Waals surface area contributed by atoms with Gasteiger partial charge in [-0.1, -0.05) is 0 Å². The van der Waals surface area contributed by atoms with Crippen molar-refractivity contribution in [3.63, 3.8) is 0 Å². The molecule has 0 saturated heterocycles. The Labute approximate surface area is 58.6 Å². The van der Waals surface area contributed by atoms with Crippen molar-refractivity contribution in [1.29, 1.82) is 0 Å². The third-order valence-corrected chi connectivity index (χ3v) is 0.991. The van der Waals surface area contributed by atoms with E-state index in [9.17, 15) is 4.57 Å². The SMILES string of the molecule is CN=C(N)NOP(C)(=O)O. The van der Waals surface area contributed by atoms with Gasteiger partial charge in [0.25, 0.3) is 0 Å². The Morgan fingerprint density at radius 3 is 2.70 bits per heavy atom. The summed E-state index contributed by atoms with van der Waals surface area (Å²) < 4.78 is 14.6. The van der Waals surface area contributed by atoms with Gasteiger partial charge in [0.15, 0.2) is 0 Å². The molecule has 0 saturated carbocycles. The van der Waals surface area contributed by atoms with E-state index in [1.165, 1.54) is 7.05 Å². The van der Waals surface area contributed by atoms with Crippen LogP contribution in [0.5, 0.6) is 0 Å². The van der Waals surface area contributed by atoms with Crippen LogP contribution in [0.2, 0.25) is 0 Å². The van der Waals surface area contributed by atoms with Crippen LogP contribution in [-0.4, -0.2) is 24.6 Å². The average molecular weight is 167 g/mol. The number of guanidine groups is 1. The molecule has 0 aromatic rings. The van der Waals surface area contributed by atoms with Crippen LogP contribution in [0.3, 0.4) is 0 Å². The van der Waals surface area contributed by atoms with Crippen molar-refractivity contribution in [2.24, 2.45) is 10.7 Å². The first-order valence-electron chi connectivity index (χ1n) is 2.43. The molecule has 7 heteroatoms. The summed E-state index contributed by atoms with van der Waals surface area (Å²) in [5.74, 6) is -0.0453. The van der Waals surface area contributed by atoms with Gasteiger partial charge in [-0.05, 0) is 0 Å². The van der Waals surface area contributed by atoms with E-state index >= 15 is 0 Å². The first-order chi connectivity index (χ1) is 4.45. The van der Waals surface area contributed by atoms with Gasteiger partial charge in [-0.3, -0.25) is 9.56 Å². The lowest BCUT2D eigenvalue weighted by atomic mass is 11.0. The highest BCUT2D eigenvalue weighted by atomic mass is 31.2. The zero-order valence-electron chi connectivity index (χ0n) is 5.74. The summed E-state index contributed by atoms with van der Waals surface area (Å²) in [6, 6.07) is 0. The fraction of sp³-hybridized carbons (Fsp3) is 0.667. The molecule has 0 aliphatic rings. The molecule has 0 aliphatic carbocycles. The van der Waals surface area contributed by atoms with Crippen molar-refractivity contribution in [2.45, 2.75) is 0 Å². The molecule has 0 bridgehead atoms. The molecular weight excluding hydrogens is 157 g/mol. The number of nitrogens with two attached hydrogens (primary N) is 1. The van der Waals surface area contributed by atoms with Gasteiger partial charge < -0.3 is 10.6 Å². The topological polar surface area (TPSA) is 96.9 Å². The number of hydroxylamine groups is 1. The van der Waals surface area contributed by atoms with Gasteiger partial charge in [0, 0.05) is 13.7 Å². The van der Waals surface area contributed by atoms with E-state index in [1.54, 1.807) is 0 Å². The first-order valence-corrected chi connectivity index (χ1v) is 4.45. The molecule has 4 N–H and O–H groups in total. The first kappa shape index (κ1) is 9.42. The highest BCUT2D eigenvalue weighted by molar-refractivity contribution is 7.51. The van der Waals surface area contributed by atoms with Gasteiger partial charge >= 0.3 is 7.60 Å². The monoisotopic (exact) mass is 167 g/mol. The Hall–Kier alpha value is -0.580. The second-order valence-electron chi connectivity index (χ2n) is 1.61. The summed E-state index contributed by atoms with van der Waals surface area (Å²) in [6.07, 6.45) is 0. The maximum Gasteiger partial charge on any atom is 0.346 e. The second kappa shape index (κ2) is 3.55. The molecule has 0 rings (SSSR count). The molecule has 0 aromatic heterocycles. The van der Waals surface area contributed by atoms with E-state index in [1.807, 2.05) is 5.48 Å². The van der Waals surface area contributed by atoms with Gasteiger partial charge in [0.1, 0.15) is 0 Å². The minimum atomic E-state index is -3.50. The van der Waals surface area contributed by atoms with E-state index in [-0.39, 0.29) is 5.96 Å². The molecule has 1 atom stereocenters. The molecular formula is C3H10N3O3P. The Morgan fingerprint density at radius 2 is 2.40 bits per heavy atom. The van der Waals surface area contributed by atoms with Crippen molar-refractivity contribution >= 4 is 13.6 Å². The summed E-state index contributed by atoms with van der Waals surface area (Å²) in [5.41, 5.74) is 7.05. The van der Waals surface area contributed by atoms with Crippen molar-refractivity contribution in [3.8, 4) is 0 Å². The van der Waals surface area contributed by atoms with Gasteiger partial charge in [-0.2, -0.15) is 4.62 Å². The number of hydrogen-bond acceptors (Lipinski definition) is 3. The molecule has 60 valence electrons. The van der Waals surface area contributed by atoms with E-state index in [0.717, 1.165) is 6.66 Å². The van der Waals surface area contributed by atoms with Crippen LogP contribution >= 0.6 is 7.60 Å². The molecule has 0 heterocycles. The Kier molecular flexibility index (Phi) is 3.35. The van der Waals surface area contributed by atoms with Crippen LogP contribution in [-0.2, 0) is 9.19 Å². The van der Waals surface area contributed by atoms with Crippen molar-refractivity contribution in [2.75, 3.05) is 13.7 Å². The van der Waals surface area contributed by atoms with Crippen LogP contribution in [0.25, 0.3) is 0 Å². The van der Waals surface area contributed by atoms with Crippen LogP contribution in [0.15, 0.2) is 4.99 Å². The third-order valence-electron chi connectivity index (χ3n) is 0.560. The van der Waals surface area contributed by atoms with Crippen molar-refractivity contribution in [1.82, 2.24) is 5.48 Å². The summed E-state index contributed by atoms with van der Waals surface area (Å²) in [5, 5.41) is 0. The van der Waals surface area contributed by atoms with E-state index in [2.05, 4.69) is 9.62 Å². The predicted molar refractivity (Wildman–Crippen MR) is 37.5 cm³/mol. The minimum Gasteiger partial charge on any atom is -0.368 e. The normalized spacial score (nSPS) is 18.1. The summed E-state index contributed by atoms with van der Waals surface area (Å²) in [7, 11) is -2.08. The Morgan fingerprint density at radius 1 is 1.90 bits per heavy atom. The van der Waals surface area contributed by atoms with Crippen molar-refractivity contribution < 1.29 is 14.1 Å². The lowest BCUT2D eigenvalue weighted by molar-refractivity contribution is 0.220. The van der Waals surface area contributed by atoms with Crippen LogP contribution in [0.1, 0.15) is 0 Å². The second-order valence-corrected chi connectivity index (χ2v) is 3.39. The maximum absolute atomic E-state index is 10.4. The van der Waals surface area contributed by atoms with Gasteiger partial charge in [-0.25, -0.2) is 5.48 Å². The molecule has 1 unspecified atom stereocenters. The largest absolute Gasteiger partial charge is 0.368 e. The number of aliphatic imine (C=N–C) groups is 1. The smallest absolute Gasteiger partial charge is 0.346 e. The quantitative estimate of drug-likeness (QED) is 0.218. The lowest BCUT2D eigenvalue weighted by Gasteiger charge is -2.06. The summed E-state index contributed by atoms with van der Waals surface area (Å²) in [4.78, 5) is 11.9. The molecule has 6 nitrogen and oxygen atoms in total. The van der Waals surface area contributed by atoms with Crippen LogP contribution < -0.4 is 11.2 Å². The predicted octanol–water partition coefficient (Wildman–Crippen LogP) is -0.733. The molecule has 0 amide bonds. The van der Waals surface area contributed by atoms with E-state index in [0.29, 0.717) is 0 Å². The van der Waals surface area contributed by atoms with Crippen LogP contribution in [0, 0.1) is 0 Å². The van der Waals surface area contributed by atoms with Gasteiger partial charge in [-0.15, -0.1) is 0 Å². The van der Waals surface area contributed by atoms with Crippen molar-refractivity contribution in [3.05, 3.63) is 0 Å². The molecule has 0 aliphatic heterocycles. The van der Waals surface area contributed by atoms with Gasteiger partial charge in [0.05, 0.1) is 0 Å².